The zero-order valence-corrected chi connectivity index (χ0v) is 9.95. The number of piperazine rings is 1. The van der Waals surface area contributed by atoms with Crippen LogP contribution in [0.15, 0.2) is 0 Å². The third-order valence-electron chi connectivity index (χ3n) is 2.59. The molecule has 88 valence electrons. The first-order chi connectivity index (χ1) is 7.11. The molecule has 15 heavy (non-hydrogen) atoms. The monoisotopic (exact) mass is 214 g/mol. The Kier molecular flexibility index (Phi) is 5.05. The van der Waals surface area contributed by atoms with E-state index in [1.807, 2.05) is 18.7 Å². The standard InChI is InChI=1S/C11H22N2O2/c1-9(2)15-7-4-11(14)13-6-5-12-8-10(13)3/h9-10,12H,4-8H2,1-3H3. The molecule has 1 unspecified atom stereocenters. The van der Waals surface area contributed by atoms with Gasteiger partial charge in [-0.25, -0.2) is 0 Å². The number of nitrogens with one attached hydrogen (secondary N) is 1. The minimum Gasteiger partial charge on any atom is -0.378 e. The molecule has 1 atom stereocenters. The summed E-state index contributed by atoms with van der Waals surface area (Å²) in [5, 5.41) is 3.27. The number of carbonyl (C=O) groups excluding carboxylic acids is 1. The quantitative estimate of drug-likeness (QED) is 0.746. The molecule has 4 heteroatoms. The second-order valence-electron chi connectivity index (χ2n) is 4.31. The molecular weight excluding hydrogens is 192 g/mol. The summed E-state index contributed by atoms with van der Waals surface area (Å²) in [4.78, 5) is 13.8. The number of hydrogen-bond acceptors (Lipinski definition) is 3. The van der Waals surface area contributed by atoms with Gasteiger partial charge < -0.3 is 15.0 Å². The molecule has 1 aliphatic rings. The summed E-state index contributed by atoms with van der Waals surface area (Å²) in [6, 6.07) is 0.310. The van der Waals surface area contributed by atoms with Gasteiger partial charge >= 0.3 is 0 Å². The van der Waals surface area contributed by atoms with Crippen molar-refractivity contribution in [3.8, 4) is 0 Å². The van der Waals surface area contributed by atoms with Crippen LogP contribution >= 0.6 is 0 Å². The van der Waals surface area contributed by atoms with Crippen molar-refractivity contribution in [3.05, 3.63) is 0 Å². The van der Waals surface area contributed by atoms with Crippen molar-refractivity contribution in [1.82, 2.24) is 10.2 Å². The highest BCUT2D eigenvalue weighted by Crippen LogP contribution is 2.05. The average Bonchev–Trinajstić information content (AvgIpc) is 2.17. The highest BCUT2D eigenvalue weighted by atomic mass is 16.5. The van der Waals surface area contributed by atoms with Crippen molar-refractivity contribution >= 4 is 5.91 Å². The highest BCUT2D eigenvalue weighted by Gasteiger charge is 2.22. The third-order valence-corrected chi connectivity index (χ3v) is 2.59. The van der Waals surface area contributed by atoms with Crippen molar-refractivity contribution in [3.63, 3.8) is 0 Å². The zero-order valence-electron chi connectivity index (χ0n) is 9.95. The fourth-order valence-electron chi connectivity index (χ4n) is 1.74. The van der Waals surface area contributed by atoms with Crippen LogP contribution in [0.25, 0.3) is 0 Å². The van der Waals surface area contributed by atoms with E-state index >= 15 is 0 Å². The van der Waals surface area contributed by atoms with Crippen LogP contribution < -0.4 is 5.32 Å². The molecule has 1 fully saturated rings. The van der Waals surface area contributed by atoms with Gasteiger partial charge in [0.05, 0.1) is 19.1 Å². The van der Waals surface area contributed by atoms with E-state index in [1.165, 1.54) is 0 Å². The number of hydrogen-bond donors (Lipinski definition) is 1. The number of amides is 1. The van der Waals surface area contributed by atoms with Gasteiger partial charge in [-0.3, -0.25) is 4.79 Å². The maximum atomic E-state index is 11.8. The summed E-state index contributed by atoms with van der Waals surface area (Å²) >= 11 is 0. The van der Waals surface area contributed by atoms with E-state index in [1.54, 1.807) is 0 Å². The van der Waals surface area contributed by atoms with Crippen LogP contribution in [0.3, 0.4) is 0 Å². The van der Waals surface area contributed by atoms with Gasteiger partial charge in [0.15, 0.2) is 0 Å². The van der Waals surface area contributed by atoms with Crippen molar-refractivity contribution in [2.24, 2.45) is 0 Å². The molecule has 0 aromatic carbocycles. The molecule has 0 spiro atoms. The van der Waals surface area contributed by atoms with Crippen LogP contribution in [0.4, 0.5) is 0 Å². The van der Waals surface area contributed by atoms with E-state index in [0.717, 1.165) is 19.6 Å². The van der Waals surface area contributed by atoms with Crippen LogP contribution in [-0.4, -0.2) is 49.2 Å². The molecular formula is C11H22N2O2. The molecule has 1 heterocycles. The van der Waals surface area contributed by atoms with Crippen LogP contribution in [-0.2, 0) is 9.53 Å². The molecule has 0 aromatic heterocycles. The van der Waals surface area contributed by atoms with Gasteiger partial charge in [0.1, 0.15) is 0 Å². The Morgan fingerprint density at radius 1 is 1.60 bits per heavy atom. The maximum absolute atomic E-state index is 11.8. The summed E-state index contributed by atoms with van der Waals surface area (Å²) in [7, 11) is 0. The second kappa shape index (κ2) is 6.08. The summed E-state index contributed by atoms with van der Waals surface area (Å²) in [6.45, 7) is 9.20. The summed E-state index contributed by atoms with van der Waals surface area (Å²) in [5.74, 6) is 0.213. The molecule has 4 nitrogen and oxygen atoms in total. The fraction of sp³-hybridized carbons (Fsp3) is 0.909. The SMILES string of the molecule is CC(C)OCCC(=O)N1CCNCC1C. The molecule has 0 radical (unpaired) electrons. The molecule has 0 aliphatic carbocycles. The van der Waals surface area contributed by atoms with Gasteiger partial charge in [0, 0.05) is 25.7 Å². The predicted molar refractivity (Wildman–Crippen MR) is 59.7 cm³/mol. The zero-order chi connectivity index (χ0) is 11.3. The molecule has 1 aliphatic heterocycles. The van der Waals surface area contributed by atoms with E-state index in [-0.39, 0.29) is 12.0 Å². The normalized spacial score (nSPS) is 22.1. The van der Waals surface area contributed by atoms with Crippen molar-refractivity contribution < 1.29 is 9.53 Å². The Morgan fingerprint density at radius 2 is 2.33 bits per heavy atom. The number of carbonyl (C=O) groups is 1. The van der Waals surface area contributed by atoms with E-state index in [4.69, 9.17) is 4.74 Å². The highest BCUT2D eigenvalue weighted by molar-refractivity contribution is 5.76. The van der Waals surface area contributed by atoms with Crippen LogP contribution in [0.5, 0.6) is 0 Å². The predicted octanol–water partition coefficient (Wildman–Crippen LogP) is 0.622. The molecule has 1 N–H and O–H groups in total. The Bertz CT molecular complexity index is 207. The van der Waals surface area contributed by atoms with Crippen molar-refractivity contribution in [2.45, 2.75) is 39.3 Å². The summed E-state index contributed by atoms with van der Waals surface area (Å²) < 4.78 is 5.38. The average molecular weight is 214 g/mol. The maximum Gasteiger partial charge on any atom is 0.225 e. The van der Waals surface area contributed by atoms with Gasteiger partial charge in [-0.15, -0.1) is 0 Å². The van der Waals surface area contributed by atoms with Gasteiger partial charge in [0.25, 0.3) is 0 Å². The lowest BCUT2D eigenvalue weighted by Crippen LogP contribution is -2.52. The van der Waals surface area contributed by atoms with Crippen LogP contribution in [0, 0.1) is 0 Å². The minimum atomic E-state index is 0.207. The topological polar surface area (TPSA) is 41.6 Å². The molecule has 1 amide bonds. The lowest BCUT2D eigenvalue weighted by molar-refractivity contribution is -0.135. The number of nitrogens with zero attached hydrogens (tertiary/aromatic N) is 1. The lowest BCUT2D eigenvalue weighted by atomic mass is 10.2. The van der Waals surface area contributed by atoms with Crippen molar-refractivity contribution in [1.29, 1.82) is 0 Å². The Morgan fingerprint density at radius 3 is 2.93 bits per heavy atom. The summed E-state index contributed by atoms with van der Waals surface area (Å²) in [5.41, 5.74) is 0. The lowest BCUT2D eigenvalue weighted by Gasteiger charge is -2.34. The van der Waals surface area contributed by atoms with Gasteiger partial charge in [-0.05, 0) is 20.8 Å². The van der Waals surface area contributed by atoms with E-state index < -0.39 is 0 Å². The smallest absolute Gasteiger partial charge is 0.225 e. The third kappa shape index (κ3) is 4.18. The first-order valence-corrected chi connectivity index (χ1v) is 5.73. The van der Waals surface area contributed by atoms with E-state index in [0.29, 0.717) is 19.1 Å². The van der Waals surface area contributed by atoms with Crippen LogP contribution in [0.2, 0.25) is 0 Å². The molecule has 0 saturated carbocycles. The molecule has 0 aromatic rings. The first-order valence-electron chi connectivity index (χ1n) is 5.73. The minimum absolute atomic E-state index is 0.207. The van der Waals surface area contributed by atoms with E-state index in [9.17, 15) is 4.79 Å². The molecule has 1 saturated heterocycles. The number of rotatable bonds is 4. The molecule has 1 rings (SSSR count). The fourth-order valence-corrected chi connectivity index (χ4v) is 1.74. The first kappa shape index (κ1) is 12.5. The second-order valence-corrected chi connectivity index (χ2v) is 4.31. The Labute approximate surface area is 92.0 Å². The van der Waals surface area contributed by atoms with Crippen LogP contribution in [0.1, 0.15) is 27.2 Å². The van der Waals surface area contributed by atoms with E-state index in [2.05, 4.69) is 12.2 Å². The number of ether oxygens (including phenoxy) is 1. The Balaban J connectivity index is 2.26. The van der Waals surface area contributed by atoms with Gasteiger partial charge in [-0.2, -0.15) is 0 Å². The largest absolute Gasteiger partial charge is 0.378 e. The Hall–Kier alpha value is -0.610. The van der Waals surface area contributed by atoms with Gasteiger partial charge in [-0.1, -0.05) is 0 Å². The van der Waals surface area contributed by atoms with Crippen molar-refractivity contribution in [2.75, 3.05) is 26.2 Å². The molecule has 0 bridgehead atoms. The van der Waals surface area contributed by atoms with Gasteiger partial charge in [0.2, 0.25) is 5.91 Å². The summed E-state index contributed by atoms with van der Waals surface area (Å²) in [6.07, 6.45) is 0.709.